The summed E-state index contributed by atoms with van der Waals surface area (Å²) >= 11 is 0. The van der Waals surface area contributed by atoms with Crippen LogP contribution in [0.3, 0.4) is 0 Å². The zero-order valence-corrected chi connectivity index (χ0v) is 12.4. The first-order chi connectivity index (χ1) is 9.56. The molecule has 1 amide bonds. The minimum atomic E-state index is -0.708. The Labute approximate surface area is 121 Å². The van der Waals surface area contributed by atoms with Crippen LogP contribution in [0, 0.1) is 23.7 Å². The van der Waals surface area contributed by atoms with E-state index in [0.29, 0.717) is 18.8 Å². The number of rotatable bonds is 4. The second kappa shape index (κ2) is 7.09. The molecular formula is C16H27NO3. The van der Waals surface area contributed by atoms with Gasteiger partial charge in [0.15, 0.2) is 0 Å². The van der Waals surface area contributed by atoms with Gasteiger partial charge in [-0.2, -0.15) is 0 Å². The molecule has 0 bridgehead atoms. The molecule has 2 saturated carbocycles. The quantitative estimate of drug-likeness (QED) is 0.832. The van der Waals surface area contributed by atoms with Crippen molar-refractivity contribution in [3.05, 3.63) is 0 Å². The Bertz CT molecular complexity index is 348. The largest absolute Gasteiger partial charge is 0.481 e. The van der Waals surface area contributed by atoms with Crippen molar-refractivity contribution in [2.45, 2.75) is 58.3 Å². The molecule has 4 heteroatoms. The van der Waals surface area contributed by atoms with Gasteiger partial charge in [-0.25, -0.2) is 0 Å². The molecule has 2 fully saturated rings. The molecular weight excluding hydrogens is 254 g/mol. The van der Waals surface area contributed by atoms with Gasteiger partial charge in [0.05, 0.1) is 5.92 Å². The molecule has 114 valence electrons. The lowest BCUT2D eigenvalue weighted by Gasteiger charge is -2.29. The molecule has 0 aromatic heterocycles. The van der Waals surface area contributed by atoms with Crippen molar-refractivity contribution in [1.29, 1.82) is 0 Å². The Morgan fingerprint density at radius 3 is 2.30 bits per heavy atom. The number of aliphatic carboxylic acids is 1. The predicted octanol–water partition coefficient (Wildman–Crippen LogP) is 2.82. The zero-order valence-electron chi connectivity index (χ0n) is 12.4. The first kappa shape index (κ1) is 15.3. The average Bonchev–Trinajstić information content (AvgIpc) is 2.45. The summed E-state index contributed by atoms with van der Waals surface area (Å²) in [6.07, 6.45) is 7.81. The van der Waals surface area contributed by atoms with Gasteiger partial charge < -0.3 is 10.4 Å². The van der Waals surface area contributed by atoms with E-state index in [9.17, 15) is 9.59 Å². The maximum Gasteiger partial charge on any atom is 0.306 e. The van der Waals surface area contributed by atoms with Crippen molar-refractivity contribution < 1.29 is 14.7 Å². The van der Waals surface area contributed by atoms with Crippen LogP contribution in [-0.2, 0) is 9.59 Å². The van der Waals surface area contributed by atoms with Crippen LogP contribution in [0.1, 0.15) is 58.3 Å². The van der Waals surface area contributed by atoms with Gasteiger partial charge in [-0.15, -0.1) is 0 Å². The molecule has 2 rings (SSSR count). The van der Waals surface area contributed by atoms with Gasteiger partial charge in [0, 0.05) is 12.5 Å². The van der Waals surface area contributed by atoms with Crippen molar-refractivity contribution in [2.75, 3.05) is 6.54 Å². The lowest BCUT2D eigenvalue weighted by molar-refractivity contribution is -0.144. The standard InChI is InChI=1S/C16H27NO3/c1-11-3-2-4-12(9-11)10-17-15(18)13-5-7-14(8-6-13)16(19)20/h11-14H,2-10H2,1H3,(H,17,18)(H,19,20). The molecule has 2 atom stereocenters. The second-order valence-electron chi connectivity index (χ2n) is 6.77. The minimum Gasteiger partial charge on any atom is -0.481 e. The summed E-state index contributed by atoms with van der Waals surface area (Å²) in [7, 11) is 0. The minimum absolute atomic E-state index is 0.0339. The molecule has 0 radical (unpaired) electrons. The van der Waals surface area contributed by atoms with E-state index in [1.807, 2.05) is 0 Å². The Morgan fingerprint density at radius 2 is 1.70 bits per heavy atom. The number of amides is 1. The SMILES string of the molecule is CC1CCCC(CNC(=O)C2CCC(C(=O)O)CC2)C1. The Kier molecular flexibility index (Phi) is 5.44. The molecule has 2 unspecified atom stereocenters. The van der Waals surface area contributed by atoms with Crippen molar-refractivity contribution in [3.63, 3.8) is 0 Å². The molecule has 0 spiro atoms. The van der Waals surface area contributed by atoms with Gasteiger partial charge >= 0.3 is 5.97 Å². The van der Waals surface area contributed by atoms with Crippen LogP contribution in [-0.4, -0.2) is 23.5 Å². The van der Waals surface area contributed by atoms with Crippen molar-refractivity contribution in [3.8, 4) is 0 Å². The van der Waals surface area contributed by atoms with Crippen molar-refractivity contribution in [2.24, 2.45) is 23.7 Å². The molecule has 0 aromatic carbocycles. The van der Waals surface area contributed by atoms with Gasteiger partial charge in [0.2, 0.25) is 5.91 Å². The first-order valence-electron chi connectivity index (χ1n) is 8.06. The summed E-state index contributed by atoms with van der Waals surface area (Å²) in [6.45, 7) is 3.10. The highest BCUT2D eigenvalue weighted by Crippen LogP contribution is 2.30. The number of carbonyl (C=O) groups excluding carboxylic acids is 1. The Balaban J connectivity index is 1.69. The van der Waals surface area contributed by atoms with Crippen LogP contribution in [0.2, 0.25) is 0 Å². The zero-order chi connectivity index (χ0) is 14.5. The number of carboxylic acid groups (broad SMARTS) is 1. The molecule has 0 heterocycles. The molecule has 0 aliphatic heterocycles. The summed E-state index contributed by atoms with van der Waals surface area (Å²) in [6, 6.07) is 0. The molecule has 4 nitrogen and oxygen atoms in total. The highest BCUT2D eigenvalue weighted by Gasteiger charge is 2.30. The third kappa shape index (κ3) is 4.22. The van der Waals surface area contributed by atoms with Gasteiger partial charge in [-0.3, -0.25) is 9.59 Å². The highest BCUT2D eigenvalue weighted by atomic mass is 16.4. The molecule has 2 aliphatic rings. The third-order valence-corrected chi connectivity index (χ3v) is 5.06. The number of nitrogens with one attached hydrogen (secondary N) is 1. The summed E-state index contributed by atoms with van der Waals surface area (Å²) < 4.78 is 0. The van der Waals surface area contributed by atoms with E-state index in [1.54, 1.807) is 0 Å². The van der Waals surface area contributed by atoms with Gasteiger partial charge in [0.1, 0.15) is 0 Å². The lowest BCUT2D eigenvalue weighted by atomic mass is 9.81. The fraction of sp³-hybridized carbons (Fsp3) is 0.875. The Morgan fingerprint density at radius 1 is 1.05 bits per heavy atom. The summed E-state index contributed by atoms with van der Waals surface area (Å²) in [5, 5.41) is 12.1. The molecule has 0 saturated heterocycles. The smallest absolute Gasteiger partial charge is 0.306 e. The third-order valence-electron chi connectivity index (χ3n) is 5.06. The average molecular weight is 281 g/mol. The predicted molar refractivity (Wildman–Crippen MR) is 77.2 cm³/mol. The molecule has 0 aromatic rings. The molecule has 2 N–H and O–H groups in total. The summed E-state index contributed by atoms with van der Waals surface area (Å²) in [4.78, 5) is 23.0. The van der Waals surface area contributed by atoms with Crippen LogP contribution in [0.5, 0.6) is 0 Å². The number of carbonyl (C=O) groups is 2. The summed E-state index contributed by atoms with van der Waals surface area (Å²) in [5.41, 5.74) is 0. The fourth-order valence-corrected chi connectivity index (χ4v) is 3.74. The number of carboxylic acids is 1. The van der Waals surface area contributed by atoms with E-state index in [-0.39, 0.29) is 17.7 Å². The normalized spacial score (nSPS) is 34.5. The molecule has 2 aliphatic carbocycles. The fourth-order valence-electron chi connectivity index (χ4n) is 3.74. The van der Waals surface area contributed by atoms with Crippen LogP contribution in [0.4, 0.5) is 0 Å². The van der Waals surface area contributed by atoms with E-state index >= 15 is 0 Å². The number of hydrogen-bond donors (Lipinski definition) is 2. The Hall–Kier alpha value is -1.06. The van der Waals surface area contributed by atoms with Gasteiger partial charge in [-0.05, 0) is 50.4 Å². The molecule has 20 heavy (non-hydrogen) atoms. The maximum absolute atomic E-state index is 12.1. The van der Waals surface area contributed by atoms with Gasteiger partial charge in [0.25, 0.3) is 0 Å². The topological polar surface area (TPSA) is 66.4 Å². The van der Waals surface area contributed by atoms with Crippen LogP contribution in [0.25, 0.3) is 0 Å². The van der Waals surface area contributed by atoms with E-state index in [1.165, 1.54) is 25.7 Å². The van der Waals surface area contributed by atoms with E-state index in [4.69, 9.17) is 5.11 Å². The van der Waals surface area contributed by atoms with Crippen molar-refractivity contribution in [1.82, 2.24) is 5.32 Å². The van der Waals surface area contributed by atoms with E-state index < -0.39 is 5.97 Å². The highest BCUT2D eigenvalue weighted by molar-refractivity contribution is 5.79. The lowest BCUT2D eigenvalue weighted by Crippen LogP contribution is -2.37. The second-order valence-corrected chi connectivity index (χ2v) is 6.77. The van der Waals surface area contributed by atoms with Crippen LogP contribution < -0.4 is 5.32 Å². The first-order valence-corrected chi connectivity index (χ1v) is 8.06. The van der Waals surface area contributed by atoms with E-state index in [0.717, 1.165) is 25.3 Å². The van der Waals surface area contributed by atoms with E-state index in [2.05, 4.69) is 12.2 Å². The summed E-state index contributed by atoms with van der Waals surface area (Å²) in [5.74, 6) is 0.659. The van der Waals surface area contributed by atoms with Crippen LogP contribution in [0.15, 0.2) is 0 Å². The maximum atomic E-state index is 12.1. The van der Waals surface area contributed by atoms with Crippen LogP contribution >= 0.6 is 0 Å². The monoisotopic (exact) mass is 281 g/mol. The number of hydrogen-bond acceptors (Lipinski definition) is 2. The van der Waals surface area contributed by atoms with Gasteiger partial charge in [-0.1, -0.05) is 19.8 Å². The van der Waals surface area contributed by atoms with Crippen molar-refractivity contribution >= 4 is 11.9 Å².